The van der Waals surface area contributed by atoms with Gasteiger partial charge in [-0.2, -0.15) is 0 Å². The second-order valence-electron chi connectivity index (χ2n) is 1.67. The average Bonchev–Trinajstić information content (AvgIpc) is 1.68. The first-order chi connectivity index (χ1) is 3.31. The van der Waals surface area contributed by atoms with Crippen molar-refractivity contribution in [2.75, 3.05) is 13.6 Å². The summed E-state index contributed by atoms with van der Waals surface area (Å²) >= 11 is 0. The van der Waals surface area contributed by atoms with Crippen molar-refractivity contribution >= 4 is 0 Å². The summed E-state index contributed by atoms with van der Waals surface area (Å²) in [6.45, 7) is 5.17. The molecule has 1 nitrogen and oxygen atoms in total. The van der Waals surface area contributed by atoms with E-state index in [4.69, 9.17) is 0 Å². The van der Waals surface area contributed by atoms with E-state index in [0.29, 0.717) is 0 Å². The summed E-state index contributed by atoms with van der Waals surface area (Å²) in [5, 5.41) is 3.05. The van der Waals surface area contributed by atoms with Crippen LogP contribution in [0.25, 0.3) is 0 Å². The highest BCUT2D eigenvalue weighted by Crippen LogP contribution is 1.84. The Hall–Kier alpha value is -0.300. The number of likely N-dealkylation sites (N-methyl/N-ethyl adjacent to an activating group) is 1. The van der Waals surface area contributed by atoms with E-state index >= 15 is 0 Å². The molecule has 0 fully saturated rings. The predicted octanol–water partition coefficient (Wildman–Crippen LogP) is 1.17. The molecule has 0 aromatic carbocycles. The summed E-state index contributed by atoms with van der Waals surface area (Å²) in [6, 6.07) is 0. The van der Waals surface area contributed by atoms with Gasteiger partial charge in [0.05, 0.1) is 0 Å². The maximum atomic E-state index is 3.05. The van der Waals surface area contributed by atoms with Gasteiger partial charge in [-0.3, -0.25) is 0 Å². The Labute approximate surface area is 45.4 Å². The van der Waals surface area contributed by atoms with Gasteiger partial charge in [-0.25, -0.2) is 0 Å². The van der Waals surface area contributed by atoms with Crippen molar-refractivity contribution in [2.24, 2.45) is 0 Å². The van der Waals surface area contributed by atoms with Crippen molar-refractivity contribution in [1.29, 1.82) is 0 Å². The second-order valence-corrected chi connectivity index (χ2v) is 1.67. The fourth-order valence-electron chi connectivity index (χ4n) is 0.381. The smallest absolute Gasteiger partial charge is 0.0158 e. The van der Waals surface area contributed by atoms with Gasteiger partial charge in [-0.15, -0.1) is 0 Å². The van der Waals surface area contributed by atoms with Gasteiger partial charge >= 0.3 is 0 Å². The van der Waals surface area contributed by atoms with Gasteiger partial charge in [0.2, 0.25) is 0 Å². The SMILES string of the molecule is C/C=C(/C)CNC. The van der Waals surface area contributed by atoms with Crippen molar-refractivity contribution in [1.82, 2.24) is 5.32 Å². The molecule has 0 amide bonds. The van der Waals surface area contributed by atoms with Crippen LogP contribution in [0.3, 0.4) is 0 Å². The van der Waals surface area contributed by atoms with Crippen LogP contribution in [0.15, 0.2) is 11.6 Å². The van der Waals surface area contributed by atoms with Crippen LogP contribution in [0.2, 0.25) is 0 Å². The Morgan fingerprint density at radius 3 is 2.43 bits per heavy atom. The van der Waals surface area contributed by atoms with E-state index in [0.717, 1.165) is 6.54 Å². The minimum absolute atomic E-state index is 1.01. The van der Waals surface area contributed by atoms with Crippen LogP contribution in [-0.4, -0.2) is 13.6 Å². The number of hydrogen-bond donors (Lipinski definition) is 1. The highest BCUT2D eigenvalue weighted by atomic mass is 14.8. The van der Waals surface area contributed by atoms with Gasteiger partial charge in [-0.1, -0.05) is 11.6 Å². The Balaban J connectivity index is 3.17. The standard InChI is InChI=1S/C6H13N/c1-4-6(2)5-7-3/h4,7H,5H2,1-3H3/b6-4-. The molecule has 0 spiro atoms. The van der Waals surface area contributed by atoms with Crippen molar-refractivity contribution in [3.63, 3.8) is 0 Å². The van der Waals surface area contributed by atoms with E-state index in [1.165, 1.54) is 5.57 Å². The summed E-state index contributed by atoms with van der Waals surface area (Å²) in [4.78, 5) is 0. The zero-order chi connectivity index (χ0) is 5.70. The van der Waals surface area contributed by atoms with Crippen molar-refractivity contribution < 1.29 is 0 Å². The van der Waals surface area contributed by atoms with E-state index in [2.05, 4.69) is 18.3 Å². The van der Waals surface area contributed by atoms with Crippen molar-refractivity contribution in [3.8, 4) is 0 Å². The number of hydrogen-bond acceptors (Lipinski definition) is 1. The molecule has 0 bridgehead atoms. The van der Waals surface area contributed by atoms with Crippen molar-refractivity contribution in [3.05, 3.63) is 11.6 Å². The lowest BCUT2D eigenvalue weighted by molar-refractivity contribution is 0.878. The molecule has 7 heavy (non-hydrogen) atoms. The lowest BCUT2D eigenvalue weighted by atomic mass is 10.3. The molecule has 0 unspecified atom stereocenters. The number of rotatable bonds is 2. The van der Waals surface area contributed by atoms with Crippen LogP contribution < -0.4 is 5.32 Å². The monoisotopic (exact) mass is 99.1 g/mol. The maximum absolute atomic E-state index is 3.05. The van der Waals surface area contributed by atoms with Crippen LogP contribution in [0.1, 0.15) is 13.8 Å². The zero-order valence-electron chi connectivity index (χ0n) is 5.28. The highest BCUT2D eigenvalue weighted by Gasteiger charge is 1.78. The molecule has 0 rings (SSSR count). The molecule has 0 saturated heterocycles. The fraction of sp³-hybridized carbons (Fsp3) is 0.667. The molecule has 1 N–H and O–H groups in total. The molecule has 0 heterocycles. The van der Waals surface area contributed by atoms with Gasteiger partial charge in [0.15, 0.2) is 0 Å². The normalized spacial score (nSPS) is 12.1. The zero-order valence-corrected chi connectivity index (χ0v) is 5.28. The van der Waals surface area contributed by atoms with Crippen molar-refractivity contribution in [2.45, 2.75) is 13.8 Å². The molecular formula is C6H13N. The molecule has 42 valence electrons. The molecule has 0 aliphatic carbocycles. The fourth-order valence-corrected chi connectivity index (χ4v) is 0.381. The topological polar surface area (TPSA) is 12.0 Å². The van der Waals surface area contributed by atoms with E-state index in [1.54, 1.807) is 0 Å². The summed E-state index contributed by atoms with van der Waals surface area (Å²) in [6.07, 6.45) is 2.11. The Morgan fingerprint density at radius 1 is 1.71 bits per heavy atom. The van der Waals surface area contributed by atoms with Gasteiger partial charge in [0.1, 0.15) is 0 Å². The third kappa shape index (κ3) is 3.53. The molecule has 0 radical (unpaired) electrons. The van der Waals surface area contributed by atoms with Crippen LogP contribution in [0.5, 0.6) is 0 Å². The first-order valence-corrected chi connectivity index (χ1v) is 2.57. The largest absolute Gasteiger partial charge is 0.316 e. The molecule has 0 aliphatic heterocycles. The minimum Gasteiger partial charge on any atom is -0.316 e. The Kier molecular flexibility index (Phi) is 3.71. The summed E-state index contributed by atoms with van der Waals surface area (Å²) in [5.74, 6) is 0. The lowest BCUT2D eigenvalue weighted by Crippen LogP contribution is -2.07. The van der Waals surface area contributed by atoms with Crippen LogP contribution >= 0.6 is 0 Å². The summed E-state index contributed by atoms with van der Waals surface area (Å²) in [7, 11) is 1.95. The van der Waals surface area contributed by atoms with E-state index in [-0.39, 0.29) is 0 Å². The summed E-state index contributed by atoms with van der Waals surface area (Å²) < 4.78 is 0. The highest BCUT2D eigenvalue weighted by molar-refractivity contribution is 4.96. The molecule has 0 aromatic rings. The Morgan fingerprint density at radius 2 is 2.29 bits per heavy atom. The van der Waals surface area contributed by atoms with Gasteiger partial charge < -0.3 is 5.32 Å². The Bertz CT molecular complexity index is 64.6. The molecule has 0 aliphatic rings. The quantitative estimate of drug-likeness (QED) is 0.512. The average molecular weight is 99.2 g/mol. The van der Waals surface area contributed by atoms with E-state index in [1.807, 2.05) is 14.0 Å². The third-order valence-corrected chi connectivity index (χ3v) is 0.948. The van der Waals surface area contributed by atoms with E-state index in [9.17, 15) is 0 Å². The molecular weight excluding hydrogens is 86.1 g/mol. The predicted molar refractivity (Wildman–Crippen MR) is 33.4 cm³/mol. The summed E-state index contributed by atoms with van der Waals surface area (Å²) in [5.41, 5.74) is 1.39. The van der Waals surface area contributed by atoms with Gasteiger partial charge in [-0.05, 0) is 20.9 Å². The third-order valence-electron chi connectivity index (χ3n) is 0.948. The molecule has 1 heteroatoms. The maximum Gasteiger partial charge on any atom is 0.0158 e. The minimum atomic E-state index is 1.01. The second kappa shape index (κ2) is 3.88. The van der Waals surface area contributed by atoms with Gasteiger partial charge in [0.25, 0.3) is 0 Å². The van der Waals surface area contributed by atoms with Crippen LogP contribution in [-0.2, 0) is 0 Å². The van der Waals surface area contributed by atoms with Crippen LogP contribution in [0, 0.1) is 0 Å². The lowest BCUT2D eigenvalue weighted by Gasteiger charge is -1.93. The van der Waals surface area contributed by atoms with E-state index < -0.39 is 0 Å². The number of nitrogens with one attached hydrogen (secondary N) is 1. The first-order valence-electron chi connectivity index (χ1n) is 2.57. The number of allylic oxidation sites excluding steroid dienone is 1. The molecule has 0 atom stereocenters. The molecule has 0 saturated carbocycles. The molecule has 0 aromatic heterocycles. The van der Waals surface area contributed by atoms with Gasteiger partial charge in [0, 0.05) is 6.54 Å². The first kappa shape index (κ1) is 6.70. The van der Waals surface area contributed by atoms with Crippen LogP contribution in [0.4, 0.5) is 0 Å².